The average Bonchev–Trinajstić information content (AvgIpc) is 2.98. The average molecular weight is 624 g/mol. The number of rotatable bonds is 12. The molecule has 0 unspecified atom stereocenters. The van der Waals surface area contributed by atoms with Crippen molar-refractivity contribution in [1.29, 1.82) is 5.26 Å². The normalized spacial score (nSPS) is 18.4. The van der Waals surface area contributed by atoms with Gasteiger partial charge in [-0.25, -0.2) is 14.0 Å². The molecule has 1 fully saturated rings. The van der Waals surface area contributed by atoms with E-state index in [0.29, 0.717) is 25.8 Å². The Morgan fingerprint density at radius 2 is 1.91 bits per heavy atom. The molecule has 0 saturated carbocycles. The van der Waals surface area contributed by atoms with Gasteiger partial charge in [0, 0.05) is 31.8 Å². The molecule has 0 aliphatic carbocycles. The van der Waals surface area contributed by atoms with Gasteiger partial charge >= 0.3 is 12.2 Å². The highest BCUT2D eigenvalue weighted by molar-refractivity contribution is 5.68. The van der Waals surface area contributed by atoms with E-state index in [1.807, 2.05) is 43.3 Å². The van der Waals surface area contributed by atoms with Crippen LogP contribution in [0.15, 0.2) is 36.4 Å². The molecule has 1 aliphatic rings. The Kier molecular flexibility index (Phi) is 12.8. The van der Waals surface area contributed by atoms with Gasteiger partial charge in [-0.1, -0.05) is 37.3 Å². The molecule has 5 atom stereocenters. The molecule has 2 aromatic rings. The van der Waals surface area contributed by atoms with Crippen molar-refractivity contribution in [3.8, 4) is 30.2 Å². The minimum absolute atomic E-state index is 0.111. The number of hydrogen-bond acceptors (Lipinski definition) is 9. The number of amides is 2. The molecule has 1 aromatic carbocycles. The van der Waals surface area contributed by atoms with E-state index in [-0.39, 0.29) is 55.2 Å². The smallest absolute Gasteiger partial charge is 0.410 e. The summed E-state index contributed by atoms with van der Waals surface area (Å²) in [6.07, 6.45) is 3.70. The van der Waals surface area contributed by atoms with Gasteiger partial charge in [0.2, 0.25) is 17.6 Å². The topological polar surface area (TPSA) is 136 Å². The molecular weight excluding hydrogens is 581 g/mol. The summed E-state index contributed by atoms with van der Waals surface area (Å²) in [7, 11) is 0. The summed E-state index contributed by atoms with van der Waals surface area (Å²) in [5.74, 6) is 2.48. The van der Waals surface area contributed by atoms with Gasteiger partial charge in [0.25, 0.3) is 0 Å². The molecule has 0 bridgehead atoms. The summed E-state index contributed by atoms with van der Waals surface area (Å²) >= 11 is 0. The zero-order valence-corrected chi connectivity index (χ0v) is 26.5. The number of benzene rings is 1. The molecule has 0 spiro atoms. The van der Waals surface area contributed by atoms with Crippen LogP contribution in [0.2, 0.25) is 0 Å². The van der Waals surface area contributed by atoms with Gasteiger partial charge < -0.3 is 29.2 Å². The quantitative estimate of drug-likeness (QED) is 0.301. The molecule has 45 heavy (non-hydrogen) atoms. The van der Waals surface area contributed by atoms with Crippen molar-refractivity contribution >= 4 is 12.2 Å². The number of aromatic nitrogens is 2. The van der Waals surface area contributed by atoms with Crippen LogP contribution in [0.1, 0.15) is 71.7 Å². The second kappa shape index (κ2) is 16.5. The molecule has 2 amide bonds. The van der Waals surface area contributed by atoms with Crippen molar-refractivity contribution in [2.45, 2.75) is 96.9 Å². The Bertz CT molecular complexity index is 1360. The number of carbonyl (C=O) groups excluding carboxylic acids is 2. The second-order valence-corrected chi connectivity index (χ2v) is 12.1. The Morgan fingerprint density at radius 3 is 2.58 bits per heavy atom. The van der Waals surface area contributed by atoms with E-state index in [2.05, 4.69) is 21.2 Å². The monoisotopic (exact) mass is 623 g/mol. The second-order valence-electron chi connectivity index (χ2n) is 12.1. The standard InChI is InChI=1S/C33H42FN5O6/c1-7-11-26-17-27(14-15-39(26)32(41)42-21-24-12-9-8-10-13-24)44-30-18-29(37-28(19-35)38-30)43-23(3)22(2)16-25(34)20-36-31(40)45-33(4,5)6/h1,8-10,12-13,18,22-23,25-27H,11,14-17,20-21H2,2-6H3,(H,36,40)/t22-,23-,25+,26+,27-/m0/s1. The number of nitrogens with one attached hydrogen (secondary N) is 1. The minimum atomic E-state index is -1.32. The first kappa shape index (κ1) is 34.9. The first-order chi connectivity index (χ1) is 21.4. The molecule has 1 aromatic heterocycles. The molecule has 1 aliphatic heterocycles. The van der Waals surface area contributed by atoms with Crippen LogP contribution in [0.3, 0.4) is 0 Å². The first-order valence-electron chi connectivity index (χ1n) is 15.0. The van der Waals surface area contributed by atoms with Crippen LogP contribution in [0.4, 0.5) is 14.0 Å². The highest BCUT2D eigenvalue weighted by Crippen LogP contribution is 2.27. The van der Waals surface area contributed by atoms with Crippen molar-refractivity contribution in [3.05, 3.63) is 47.8 Å². The third-order valence-electron chi connectivity index (χ3n) is 7.13. The maximum Gasteiger partial charge on any atom is 0.410 e. The summed E-state index contributed by atoms with van der Waals surface area (Å²) < 4.78 is 37.4. The predicted octanol–water partition coefficient (Wildman–Crippen LogP) is 5.58. The number of ether oxygens (including phenoxy) is 4. The van der Waals surface area contributed by atoms with E-state index in [9.17, 15) is 19.2 Å². The van der Waals surface area contributed by atoms with E-state index in [1.165, 1.54) is 6.07 Å². The molecule has 1 saturated heterocycles. The fraction of sp³-hybridized carbons (Fsp3) is 0.545. The number of alkyl halides is 1. The number of alkyl carbamates (subject to hydrolysis) is 1. The van der Waals surface area contributed by atoms with Crippen LogP contribution >= 0.6 is 0 Å². The van der Waals surface area contributed by atoms with Crippen LogP contribution in [0.25, 0.3) is 0 Å². The molecule has 1 N–H and O–H groups in total. The number of piperidine rings is 1. The van der Waals surface area contributed by atoms with Gasteiger partial charge in [-0.05, 0) is 45.6 Å². The van der Waals surface area contributed by atoms with Gasteiger partial charge in [0.15, 0.2) is 0 Å². The maximum absolute atomic E-state index is 14.6. The minimum Gasteiger partial charge on any atom is -0.474 e. The van der Waals surface area contributed by atoms with Crippen LogP contribution < -0.4 is 14.8 Å². The van der Waals surface area contributed by atoms with E-state index >= 15 is 0 Å². The molecule has 2 heterocycles. The number of nitrogens with zero attached hydrogens (tertiary/aromatic N) is 4. The fourth-order valence-corrected chi connectivity index (χ4v) is 4.73. The third-order valence-corrected chi connectivity index (χ3v) is 7.13. The van der Waals surface area contributed by atoms with Crippen molar-refractivity contribution in [2.24, 2.45) is 5.92 Å². The van der Waals surface area contributed by atoms with E-state index < -0.39 is 30.1 Å². The lowest BCUT2D eigenvalue weighted by atomic mass is 9.97. The maximum atomic E-state index is 14.6. The largest absolute Gasteiger partial charge is 0.474 e. The zero-order chi connectivity index (χ0) is 33.0. The number of halogens is 1. The Morgan fingerprint density at radius 1 is 1.20 bits per heavy atom. The lowest BCUT2D eigenvalue weighted by Gasteiger charge is -2.37. The number of likely N-dealkylation sites (tertiary alicyclic amines) is 1. The molecule has 3 rings (SSSR count). The van der Waals surface area contributed by atoms with Crippen LogP contribution in [0, 0.1) is 29.6 Å². The third kappa shape index (κ3) is 11.8. The Hall–Kier alpha value is -4.58. The summed E-state index contributed by atoms with van der Waals surface area (Å²) in [4.78, 5) is 34.6. The summed E-state index contributed by atoms with van der Waals surface area (Å²) in [5.41, 5.74) is 0.210. The highest BCUT2D eigenvalue weighted by Gasteiger charge is 2.33. The number of nitriles is 1. The zero-order valence-electron chi connectivity index (χ0n) is 26.5. The summed E-state index contributed by atoms with van der Waals surface area (Å²) in [6.45, 7) is 9.11. The SMILES string of the molecule is C#CC[C@@H]1C[C@@H](Oc2cc(O[C@@H](C)[C@@H](C)C[C@@H](F)CNC(=O)OC(C)(C)C)nc(C#N)n2)CCN1C(=O)OCc1ccccc1. The fourth-order valence-electron chi connectivity index (χ4n) is 4.73. The molecule has 12 heteroatoms. The first-order valence-corrected chi connectivity index (χ1v) is 15.0. The van der Waals surface area contributed by atoms with Crippen molar-refractivity contribution in [3.63, 3.8) is 0 Å². The predicted molar refractivity (Wildman–Crippen MR) is 164 cm³/mol. The Balaban J connectivity index is 1.56. The molecule has 11 nitrogen and oxygen atoms in total. The van der Waals surface area contributed by atoms with Crippen LogP contribution in [0.5, 0.6) is 11.8 Å². The van der Waals surface area contributed by atoms with E-state index in [4.69, 9.17) is 25.4 Å². The van der Waals surface area contributed by atoms with E-state index in [1.54, 1.807) is 32.6 Å². The van der Waals surface area contributed by atoms with Gasteiger partial charge in [0.1, 0.15) is 36.7 Å². The summed E-state index contributed by atoms with van der Waals surface area (Å²) in [6, 6.07) is 12.5. The van der Waals surface area contributed by atoms with E-state index in [0.717, 1.165) is 5.56 Å². The molecular formula is C33H42FN5O6. The van der Waals surface area contributed by atoms with Gasteiger partial charge in [0.05, 0.1) is 12.6 Å². The van der Waals surface area contributed by atoms with Gasteiger partial charge in [-0.2, -0.15) is 15.2 Å². The summed E-state index contributed by atoms with van der Waals surface area (Å²) in [5, 5.41) is 11.9. The molecule has 242 valence electrons. The lowest BCUT2D eigenvalue weighted by Crippen LogP contribution is -2.48. The van der Waals surface area contributed by atoms with Gasteiger partial charge in [-0.15, -0.1) is 12.3 Å². The van der Waals surface area contributed by atoms with Crippen LogP contribution in [-0.2, 0) is 16.1 Å². The van der Waals surface area contributed by atoms with Crippen molar-refractivity contribution < 1.29 is 32.9 Å². The van der Waals surface area contributed by atoms with Gasteiger partial charge in [-0.3, -0.25) is 0 Å². The van der Waals surface area contributed by atoms with Crippen molar-refractivity contribution in [2.75, 3.05) is 13.1 Å². The van der Waals surface area contributed by atoms with Crippen LogP contribution in [-0.4, -0.2) is 70.2 Å². The number of hydrogen-bond donors (Lipinski definition) is 1. The lowest BCUT2D eigenvalue weighted by molar-refractivity contribution is 0.0346. The van der Waals surface area contributed by atoms with Crippen molar-refractivity contribution in [1.82, 2.24) is 20.2 Å². The number of terminal acetylenes is 1. The molecule has 0 radical (unpaired) electrons. The Labute approximate surface area is 264 Å². The number of carbonyl (C=O) groups is 2. The highest BCUT2D eigenvalue weighted by atomic mass is 19.1.